The van der Waals surface area contributed by atoms with E-state index < -0.39 is 5.41 Å². The maximum Gasteiger partial charge on any atom is 0.143 e. The van der Waals surface area contributed by atoms with Crippen molar-refractivity contribution in [2.24, 2.45) is 0 Å². The van der Waals surface area contributed by atoms with Crippen LogP contribution >= 0.6 is 0 Å². The molecule has 1 unspecified atom stereocenters. The predicted molar refractivity (Wildman–Crippen MR) is 190 cm³/mol. The highest BCUT2D eigenvalue weighted by Gasteiger charge is 2.46. The van der Waals surface area contributed by atoms with E-state index in [1.165, 1.54) is 60.5 Å². The van der Waals surface area contributed by atoms with Gasteiger partial charge in [-0.05, 0) is 91.0 Å². The van der Waals surface area contributed by atoms with Crippen LogP contribution < -0.4 is 4.74 Å². The first kappa shape index (κ1) is 25.4. The van der Waals surface area contributed by atoms with Crippen LogP contribution in [-0.4, -0.2) is 0 Å². The van der Waals surface area contributed by atoms with Crippen LogP contribution in [0.2, 0.25) is 0 Å². The summed E-state index contributed by atoms with van der Waals surface area (Å²) in [6, 6.07) is 62.1. The van der Waals surface area contributed by atoms with Crippen molar-refractivity contribution in [2.75, 3.05) is 0 Å². The van der Waals surface area contributed by atoms with E-state index in [9.17, 15) is 0 Å². The summed E-state index contributed by atoms with van der Waals surface area (Å²) in [7, 11) is 0. The minimum Gasteiger partial charge on any atom is -0.455 e. The van der Waals surface area contributed by atoms with Crippen molar-refractivity contribution in [3.8, 4) is 44.9 Å². The van der Waals surface area contributed by atoms with Gasteiger partial charge in [0, 0.05) is 16.5 Å². The fourth-order valence-electron chi connectivity index (χ4n) is 8.15. The van der Waals surface area contributed by atoms with Gasteiger partial charge in [-0.2, -0.15) is 0 Å². The molecule has 0 aromatic heterocycles. The molecule has 214 valence electrons. The Labute approximate surface area is 268 Å². The van der Waals surface area contributed by atoms with Crippen molar-refractivity contribution in [1.82, 2.24) is 0 Å². The van der Waals surface area contributed by atoms with Crippen molar-refractivity contribution in [1.29, 1.82) is 0 Å². The molecule has 0 bridgehead atoms. The number of benzene rings is 8. The average Bonchev–Trinajstić information content (AvgIpc) is 3.41. The van der Waals surface area contributed by atoms with Gasteiger partial charge in [-0.1, -0.05) is 140 Å². The molecule has 1 aliphatic carbocycles. The third kappa shape index (κ3) is 3.40. The number of hydrogen-bond acceptors (Lipinski definition) is 1. The monoisotopic (exact) mass is 584 g/mol. The number of rotatable bonds is 3. The SMILES string of the molecule is c1ccc(C2(c3cccc(-c4ccc5cccc6c5c4Oc4ccccc4-6)c3)c3ccccc3-c3cc4ccccc4cc32)cc1. The van der Waals surface area contributed by atoms with Crippen molar-refractivity contribution >= 4 is 21.5 Å². The molecule has 10 rings (SSSR count). The van der Waals surface area contributed by atoms with Gasteiger partial charge in [-0.3, -0.25) is 0 Å². The summed E-state index contributed by atoms with van der Waals surface area (Å²) in [5, 5.41) is 4.87. The minimum absolute atomic E-state index is 0.486. The predicted octanol–water partition coefficient (Wildman–Crippen LogP) is 11.8. The van der Waals surface area contributed by atoms with Crippen LogP contribution in [0.5, 0.6) is 11.5 Å². The Bertz CT molecular complexity index is 2510. The van der Waals surface area contributed by atoms with Crippen LogP contribution in [0.4, 0.5) is 0 Å². The maximum absolute atomic E-state index is 6.77. The van der Waals surface area contributed by atoms with Crippen LogP contribution in [0, 0.1) is 0 Å². The molecule has 1 nitrogen and oxygen atoms in total. The Hall–Kier alpha value is -5.92. The molecule has 0 saturated heterocycles. The Morgan fingerprint density at radius 1 is 0.370 bits per heavy atom. The van der Waals surface area contributed by atoms with Gasteiger partial charge in [0.05, 0.1) is 5.41 Å². The van der Waals surface area contributed by atoms with E-state index in [1.54, 1.807) is 0 Å². The molecule has 8 aromatic rings. The molecule has 46 heavy (non-hydrogen) atoms. The topological polar surface area (TPSA) is 9.23 Å². The van der Waals surface area contributed by atoms with E-state index in [2.05, 4.69) is 170 Å². The van der Waals surface area contributed by atoms with Crippen molar-refractivity contribution in [3.63, 3.8) is 0 Å². The first-order chi connectivity index (χ1) is 22.8. The molecule has 0 fully saturated rings. The van der Waals surface area contributed by atoms with Crippen molar-refractivity contribution < 1.29 is 4.74 Å². The summed E-state index contributed by atoms with van der Waals surface area (Å²) in [5.41, 5.74) is 11.9. The van der Waals surface area contributed by atoms with E-state index in [1.807, 2.05) is 0 Å². The van der Waals surface area contributed by atoms with E-state index in [4.69, 9.17) is 4.74 Å². The summed E-state index contributed by atoms with van der Waals surface area (Å²) in [6.45, 7) is 0. The second kappa shape index (κ2) is 9.54. The highest BCUT2D eigenvalue weighted by molar-refractivity contribution is 6.07. The molecule has 1 aliphatic heterocycles. The third-order valence-electron chi connectivity index (χ3n) is 10.1. The maximum atomic E-state index is 6.77. The molecule has 2 aliphatic rings. The zero-order chi connectivity index (χ0) is 30.2. The van der Waals surface area contributed by atoms with Gasteiger partial charge in [0.15, 0.2) is 0 Å². The molecular formula is C45H28O. The van der Waals surface area contributed by atoms with E-state index in [0.29, 0.717) is 0 Å². The van der Waals surface area contributed by atoms with Gasteiger partial charge < -0.3 is 4.74 Å². The van der Waals surface area contributed by atoms with Crippen molar-refractivity contribution in [2.45, 2.75) is 5.41 Å². The molecule has 0 saturated carbocycles. The van der Waals surface area contributed by atoms with Gasteiger partial charge in [0.2, 0.25) is 0 Å². The normalized spacial score (nSPS) is 15.7. The zero-order valence-electron chi connectivity index (χ0n) is 25.1. The van der Waals surface area contributed by atoms with Gasteiger partial charge in [-0.25, -0.2) is 0 Å². The lowest BCUT2D eigenvalue weighted by atomic mass is 9.67. The fourth-order valence-corrected chi connectivity index (χ4v) is 8.15. The van der Waals surface area contributed by atoms with E-state index in [0.717, 1.165) is 28.2 Å². The lowest BCUT2D eigenvalue weighted by Crippen LogP contribution is -2.28. The zero-order valence-corrected chi connectivity index (χ0v) is 25.1. The molecule has 0 N–H and O–H groups in total. The van der Waals surface area contributed by atoms with E-state index in [-0.39, 0.29) is 0 Å². The molecule has 1 heterocycles. The van der Waals surface area contributed by atoms with Crippen LogP contribution in [0.15, 0.2) is 170 Å². The second-order valence-electron chi connectivity index (χ2n) is 12.4. The Balaban J connectivity index is 1.27. The van der Waals surface area contributed by atoms with Crippen molar-refractivity contribution in [3.05, 3.63) is 192 Å². The van der Waals surface area contributed by atoms with E-state index >= 15 is 0 Å². The number of ether oxygens (including phenoxy) is 1. The Morgan fingerprint density at radius 3 is 1.93 bits per heavy atom. The van der Waals surface area contributed by atoms with Gasteiger partial charge in [0.25, 0.3) is 0 Å². The molecule has 0 amide bonds. The smallest absolute Gasteiger partial charge is 0.143 e. The lowest BCUT2D eigenvalue weighted by molar-refractivity contribution is 0.489. The largest absolute Gasteiger partial charge is 0.455 e. The molecule has 0 spiro atoms. The molecule has 1 heteroatoms. The Kier molecular flexibility index (Phi) is 5.27. The summed E-state index contributed by atoms with van der Waals surface area (Å²) < 4.78 is 6.77. The summed E-state index contributed by atoms with van der Waals surface area (Å²) >= 11 is 0. The highest BCUT2D eigenvalue weighted by atomic mass is 16.5. The average molecular weight is 585 g/mol. The lowest BCUT2D eigenvalue weighted by Gasteiger charge is -2.34. The molecule has 1 atom stereocenters. The summed E-state index contributed by atoms with van der Waals surface area (Å²) in [6.07, 6.45) is 0. The second-order valence-corrected chi connectivity index (χ2v) is 12.4. The summed E-state index contributed by atoms with van der Waals surface area (Å²) in [5.74, 6) is 1.83. The standard InChI is InChI=1S/C45H28O/c1-2-16-33(17-3-1)45(40-22-8-6-19-36(40)39-27-30-12-4-5-13-31(30)28-41(39)45)34-18-10-15-32(26-34)35-25-24-29-14-11-21-38-37-20-7-9-23-42(37)46-44(35)43(29)38/h1-28H. The number of fused-ring (bicyclic) bond motifs is 6. The number of hydrogen-bond donors (Lipinski definition) is 0. The first-order valence-electron chi connectivity index (χ1n) is 15.9. The van der Waals surface area contributed by atoms with Gasteiger partial charge >= 0.3 is 0 Å². The third-order valence-corrected chi connectivity index (χ3v) is 10.1. The first-order valence-corrected chi connectivity index (χ1v) is 15.9. The van der Waals surface area contributed by atoms with Gasteiger partial charge in [-0.15, -0.1) is 0 Å². The highest BCUT2D eigenvalue weighted by Crippen LogP contribution is 2.58. The molecule has 8 aromatic carbocycles. The quantitative estimate of drug-likeness (QED) is 0.201. The Morgan fingerprint density at radius 2 is 1.04 bits per heavy atom. The molecule has 0 radical (unpaired) electrons. The van der Waals surface area contributed by atoms with Crippen LogP contribution in [0.25, 0.3) is 54.9 Å². The fraction of sp³-hybridized carbons (Fsp3) is 0.0222. The van der Waals surface area contributed by atoms with Crippen LogP contribution in [0.1, 0.15) is 22.3 Å². The minimum atomic E-state index is -0.486. The number of para-hydroxylation sites is 1. The van der Waals surface area contributed by atoms with Crippen LogP contribution in [-0.2, 0) is 5.41 Å². The van der Waals surface area contributed by atoms with Gasteiger partial charge in [0.1, 0.15) is 11.5 Å². The molecular weight excluding hydrogens is 556 g/mol. The summed E-state index contributed by atoms with van der Waals surface area (Å²) in [4.78, 5) is 0. The van der Waals surface area contributed by atoms with Crippen LogP contribution in [0.3, 0.4) is 0 Å².